The highest BCUT2D eigenvalue weighted by molar-refractivity contribution is 7.25. The van der Waals surface area contributed by atoms with Gasteiger partial charge >= 0.3 is 0 Å². The summed E-state index contributed by atoms with van der Waals surface area (Å²) in [7, 11) is 0. The first-order valence-corrected chi connectivity index (χ1v) is 16.4. The van der Waals surface area contributed by atoms with E-state index in [9.17, 15) is 0 Å². The normalized spacial score (nSPS) is 11.6. The van der Waals surface area contributed by atoms with E-state index in [4.69, 9.17) is 4.74 Å². The summed E-state index contributed by atoms with van der Waals surface area (Å²) in [6, 6.07) is 56.3. The number of ether oxygens (including phenoxy) is 1. The molecule has 0 saturated heterocycles. The van der Waals surface area contributed by atoms with E-state index in [1.165, 1.54) is 64.2 Å². The maximum atomic E-state index is 6.41. The molecule has 46 heavy (non-hydrogen) atoms. The van der Waals surface area contributed by atoms with E-state index in [1.54, 1.807) is 0 Å². The first-order chi connectivity index (χ1) is 22.7. The molecule has 9 rings (SSSR count). The van der Waals surface area contributed by atoms with Gasteiger partial charge in [0.1, 0.15) is 11.5 Å². The molecule has 2 nitrogen and oxygen atoms in total. The van der Waals surface area contributed by atoms with Crippen LogP contribution in [0.5, 0.6) is 11.5 Å². The van der Waals surface area contributed by atoms with Gasteiger partial charge in [-0.3, -0.25) is 0 Å². The van der Waals surface area contributed by atoms with E-state index >= 15 is 0 Å². The van der Waals surface area contributed by atoms with Gasteiger partial charge in [-0.1, -0.05) is 84.9 Å². The Morgan fingerprint density at radius 2 is 1.00 bits per heavy atom. The van der Waals surface area contributed by atoms with Gasteiger partial charge in [-0.25, -0.2) is 0 Å². The van der Waals surface area contributed by atoms with Crippen molar-refractivity contribution in [3.05, 3.63) is 163 Å². The minimum Gasteiger partial charge on any atom is -0.457 e. The maximum Gasteiger partial charge on any atom is 0.130 e. The lowest BCUT2D eigenvalue weighted by Crippen LogP contribution is -1.94. The Balaban J connectivity index is 1.01. The van der Waals surface area contributed by atoms with Crippen LogP contribution in [-0.2, 0) is 0 Å². The highest BCUT2D eigenvalue weighted by atomic mass is 32.1. The molecular formula is C43H29NOS. The zero-order valence-corrected chi connectivity index (χ0v) is 26.1. The van der Waals surface area contributed by atoms with Gasteiger partial charge in [-0.05, 0) is 108 Å². The number of fused-ring (bicyclic) bond motifs is 6. The van der Waals surface area contributed by atoms with Crippen molar-refractivity contribution in [3.8, 4) is 39.4 Å². The Bertz CT molecular complexity index is 2500. The number of aromatic nitrogens is 1. The molecule has 0 aliphatic carbocycles. The molecule has 9 aromatic rings. The molecule has 0 amide bonds. The maximum absolute atomic E-state index is 6.41. The van der Waals surface area contributed by atoms with E-state index in [1.807, 2.05) is 11.3 Å². The van der Waals surface area contributed by atoms with E-state index < -0.39 is 0 Å². The Kier molecular flexibility index (Phi) is 6.25. The fourth-order valence-electron chi connectivity index (χ4n) is 6.70. The zero-order chi connectivity index (χ0) is 30.6. The molecule has 2 heterocycles. The number of hydrogen-bond donors (Lipinski definition) is 0. The molecule has 0 unspecified atom stereocenters. The molecule has 0 bridgehead atoms. The summed E-state index contributed by atoms with van der Waals surface area (Å²) in [6.45, 7) is 2.12. The van der Waals surface area contributed by atoms with Crippen molar-refractivity contribution in [1.29, 1.82) is 0 Å². The van der Waals surface area contributed by atoms with Crippen molar-refractivity contribution in [1.82, 2.24) is 4.57 Å². The molecule has 0 aliphatic heterocycles. The minimum absolute atomic E-state index is 0.820. The molecule has 0 radical (unpaired) electrons. The highest BCUT2D eigenvalue weighted by Gasteiger charge is 2.13. The van der Waals surface area contributed by atoms with Crippen molar-refractivity contribution in [2.45, 2.75) is 6.92 Å². The molecule has 0 spiro atoms. The molecule has 0 fully saturated rings. The Hall–Kier alpha value is -5.64. The van der Waals surface area contributed by atoms with Crippen LogP contribution in [0.25, 0.3) is 69.9 Å². The third-order valence-electron chi connectivity index (χ3n) is 8.99. The van der Waals surface area contributed by atoms with Crippen LogP contribution in [0.2, 0.25) is 0 Å². The van der Waals surface area contributed by atoms with Gasteiger partial charge in [-0.2, -0.15) is 0 Å². The molecule has 2 aromatic heterocycles. The quantitative estimate of drug-likeness (QED) is 0.190. The number of rotatable bonds is 5. The number of aryl methyl sites for hydroxylation is 1. The molecule has 3 heteroatoms. The van der Waals surface area contributed by atoms with Gasteiger partial charge in [0.25, 0.3) is 0 Å². The van der Waals surface area contributed by atoms with Gasteiger partial charge in [0.2, 0.25) is 0 Å². The third-order valence-corrected chi connectivity index (χ3v) is 10.1. The summed E-state index contributed by atoms with van der Waals surface area (Å²) < 4.78 is 11.4. The van der Waals surface area contributed by atoms with Crippen LogP contribution in [0.1, 0.15) is 5.56 Å². The zero-order valence-electron chi connectivity index (χ0n) is 25.3. The van der Waals surface area contributed by atoms with Gasteiger partial charge in [0.15, 0.2) is 0 Å². The summed E-state index contributed by atoms with van der Waals surface area (Å²) in [5, 5.41) is 5.13. The Morgan fingerprint density at radius 3 is 1.63 bits per heavy atom. The van der Waals surface area contributed by atoms with E-state index in [0.29, 0.717) is 0 Å². The molecule has 0 atom stereocenters. The Morgan fingerprint density at radius 1 is 0.457 bits per heavy atom. The van der Waals surface area contributed by atoms with Crippen molar-refractivity contribution >= 4 is 53.3 Å². The van der Waals surface area contributed by atoms with Crippen molar-refractivity contribution in [2.75, 3.05) is 0 Å². The molecule has 7 aromatic carbocycles. The van der Waals surface area contributed by atoms with Crippen molar-refractivity contribution in [3.63, 3.8) is 0 Å². The topological polar surface area (TPSA) is 14.2 Å². The minimum atomic E-state index is 0.820. The summed E-state index contributed by atoms with van der Waals surface area (Å²) in [6.07, 6.45) is 0. The van der Waals surface area contributed by atoms with Crippen LogP contribution in [0.3, 0.4) is 0 Å². The smallest absolute Gasteiger partial charge is 0.130 e. The third kappa shape index (κ3) is 4.48. The second-order valence-electron chi connectivity index (χ2n) is 11.8. The number of benzene rings is 7. The largest absolute Gasteiger partial charge is 0.457 e. The van der Waals surface area contributed by atoms with Crippen LogP contribution in [0, 0.1) is 6.92 Å². The fraction of sp³-hybridized carbons (Fsp3) is 0.0233. The predicted octanol–water partition coefficient (Wildman–Crippen LogP) is 12.6. The highest BCUT2D eigenvalue weighted by Crippen LogP contribution is 2.39. The van der Waals surface area contributed by atoms with Crippen molar-refractivity contribution < 1.29 is 4.74 Å². The van der Waals surface area contributed by atoms with Crippen LogP contribution >= 0.6 is 11.3 Å². The number of hydrogen-bond acceptors (Lipinski definition) is 2. The predicted molar refractivity (Wildman–Crippen MR) is 196 cm³/mol. The molecule has 0 saturated carbocycles. The van der Waals surface area contributed by atoms with Gasteiger partial charge in [0, 0.05) is 36.6 Å². The van der Waals surface area contributed by atoms with Gasteiger partial charge in [-0.15, -0.1) is 11.3 Å². The van der Waals surface area contributed by atoms with Gasteiger partial charge < -0.3 is 9.30 Å². The van der Waals surface area contributed by atoms with E-state index in [0.717, 1.165) is 22.7 Å². The second-order valence-corrected chi connectivity index (χ2v) is 12.9. The van der Waals surface area contributed by atoms with Crippen molar-refractivity contribution in [2.24, 2.45) is 0 Å². The average Bonchev–Trinajstić information content (AvgIpc) is 3.65. The average molecular weight is 608 g/mol. The van der Waals surface area contributed by atoms with Crippen LogP contribution in [0.4, 0.5) is 0 Å². The first-order valence-electron chi connectivity index (χ1n) is 15.6. The Labute approximate surface area is 271 Å². The molecule has 0 N–H and O–H groups in total. The second kappa shape index (κ2) is 10.8. The number of thiophene rings is 1. The van der Waals surface area contributed by atoms with E-state index in [2.05, 4.69) is 169 Å². The molecule has 218 valence electrons. The van der Waals surface area contributed by atoms with Gasteiger partial charge in [0.05, 0.1) is 11.0 Å². The number of para-hydroxylation sites is 2. The van der Waals surface area contributed by atoms with Crippen LogP contribution in [-0.4, -0.2) is 4.57 Å². The number of nitrogens with zero attached hydrogens (tertiary/aromatic N) is 1. The van der Waals surface area contributed by atoms with E-state index in [-0.39, 0.29) is 0 Å². The molecular weight excluding hydrogens is 579 g/mol. The monoisotopic (exact) mass is 607 g/mol. The molecule has 0 aliphatic rings. The lowest BCUT2D eigenvalue weighted by molar-refractivity contribution is 0.479. The lowest BCUT2D eigenvalue weighted by atomic mass is 9.99. The first kappa shape index (κ1) is 26.7. The standard InChI is InChI=1S/C43H29NOS/c1-28-25-30(32-17-24-43-38(27-32)37-26-31(16-23-42(37)46-43)29-9-3-2-4-10-29)15-22-41(28)45-34-20-18-33(19-21-34)44-39-13-7-5-11-35(39)36-12-6-8-14-40(36)44/h2-27H,1H3. The summed E-state index contributed by atoms with van der Waals surface area (Å²) in [5.74, 6) is 1.68. The van der Waals surface area contributed by atoms with Crippen LogP contribution < -0.4 is 4.74 Å². The fourth-order valence-corrected chi connectivity index (χ4v) is 7.77. The summed E-state index contributed by atoms with van der Waals surface area (Å²) in [4.78, 5) is 0. The lowest BCUT2D eigenvalue weighted by Gasteiger charge is -2.12. The summed E-state index contributed by atoms with van der Waals surface area (Å²) >= 11 is 1.86. The SMILES string of the molecule is Cc1cc(-c2ccc3sc4ccc(-c5ccccc5)cc4c3c2)ccc1Oc1ccc(-n2c3ccccc3c3ccccc32)cc1. The van der Waals surface area contributed by atoms with Crippen LogP contribution in [0.15, 0.2) is 158 Å². The summed E-state index contributed by atoms with van der Waals surface area (Å²) in [5.41, 5.74) is 9.51.